The van der Waals surface area contributed by atoms with Crippen molar-refractivity contribution in [2.45, 2.75) is 19.4 Å². The van der Waals surface area contributed by atoms with Gasteiger partial charge in [-0.15, -0.1) is 0 Å². The molecule has 0 saturated carbocycles. The van der Waals surface area contributed by atoms with Gasteiger partial charge in [0.25, 0.3) is 5.91 Å². The summed E-state index contributed by atoms with van der Waals surface area (Å²) in [5.41, 5.74) is 6.13. The summed E-state index contributed by atoms with van der Waals surface area (Å²) in [6, 6.07) is 2.85. The van der Waals surface area contributed by atoms with E-state index in [4.69, 9.17) is 10.5 Å². The number of rotatable bonds is 3. The molecule has 4 N–H and O–H groups in total. The molecule has 3 aromatic rings. The molecule has 3 heterocycles. The number of amides is 1. The maximum atomic E-state index is 14.8. The van der Waals surface area contributed by atoms with E-state index in [0.29, 0.717) is 29.8 Å². The van der Waals surface area contributed by atoms with Crippen molar-refractivity contribution in [1.29, 1.82) is 0 Å². The number of imidazole rings is 1. The van der Waals surface area contributed by atoms with Crippen molar-refractivity contribution in [3.05, 3.63) is 35.4 Å². The topological polar surface area (TPSA) is 123 Å². The Morgan fingerprint density at radius 2 is 2.04 bits per heavy atom. The molecule has 0 bridgehead atoms. The van der Waals surface area contributed by atoms with Crippen LogP contribution in [0.2, 0.25) is 0 Å². The van der Waals surface area contributed by atoms with E-state index in [0.717, 1.165) is 0 Å². The van der Waals surface area contributed by atoms with E-state index >= 15 is 0 Å². The summed E-state index contributed by atoms with van der Waals surface area (Å²) in [6.45, 7) is 4.24. The Hall–Kier alpha value is -3.20. The van der Waals surface area contributed by atoms with Crippen LogP contribution < -0.4 is 5.73 Å². The van der Waals surface area contributed by atoms with Crippen molar-refractivity contribution in [1.82, 2.24) is 14.5 Å². The van der Waals surface area contributed by atoms with Crippen LogP contribution in [0.1, 0.15) is 23.0 Å². The monoisotopic (exact) mass is 372 g/mol. The summed E-state index contributed by atoms with van der Waals surface area (Å²) >= 11 is 0. The van der Waals surface area contributed by atoms with Gasteiger partial charge in [-0.2, -0.15) is 0 Å². The second kappa shape index (κ2) is 5.65. The molecule has 27 heavy (non-hydrogen) atoms. The predicted octanol–water partition coefficient (Wildman–Crippen LogP) is 1.80. The van der Waals surface area contributed by atoms with Crippen LogP contribution in [0.15, 0.2) is 18.3 Å². The van der Waals surface area contributed by atoms with Crippen molar-refractivity contribution in [2.75, 3.05) is 13.2 Å². The predicted molar refractivity (Wildman–Crippen MR) is 94.0 cm³/mol. The second-order valence-electron chi connectivity index (χ2n) is 6.94. The smallest absolute Gasteiger partial charge is 0.267 e. The molecule has 0 aliphatic carbocycles. The molecular formula is C18H17FN4O4. The Kier molecular flexibility index (Phi) is 3.60. The van der Waals surface area contributed by atoms with Crippen LogP contribution >= 0.6 is 0 Å². The number of ether oxygens (including phenoxy) is 1. The summed E-state index contributed by atoms with van der Waals surface area (Å²) in [6.07, 6.45) is 1.46. The zero-order valence-electron chi connectivity index (χ0n) is 14.7. The van der Waals surface area contributed by atoms with Crippen LogP contribution in [0.4, 0.5) is 4.39 Å². The lowest BCUT2D eigenvalue weighted by Crippen LogP contribution is -2.49. The van der Waals surface area contributed by atoms with Crippen LogP contribution in [0.3, 0.4) is 0 Å². The van der Waals surface area contributed by atoms with E-state index in [9.17, 15) is 19.4 Å². The van der Waals surface area contributed by atoms with Gasteiger partial charge in [0.2, 0.25) is 0 Å². The van der Waals surface area contributed by atoms with E-state index in [-0.39, 0.29) is 17.1 Å². The lowest BCUT2D eigenvalue weighted by molar-refractivity contribution is -0.0868. The number of nitrogens with zero attached hydrogens (tertiary/aromatic N) is 3. The number of halogens is 1. The molecule has 1 aliphatic heterocycles. The number of hydrogen-bond acceptors (Lipinski definition) is 6. The van der Waals surface area contributed by atoms with Crippen molar-refractivity contribution in [3.8, 4) is 22.9 Å². The molecule has 0 spiro atoms. The average Bonchev–Trinajstić information content (AvgIpc) is 2.99. The Morgan fingerprint density at radius 1 is 1.33 bits per heavy atom. The van der Waals surface area contributed by atoms with Gasteiger partial charge in [-0.25, -0.2) is 14.4 Å². The number of fused-ring (bicyclic) bond motifs is 1. The van der Waals surface area contributed by atoms with Crippen molar-refractivity contribution in [2.24, 2.45) is 5.73 Å². The number of phenolic OH excluding ortho intramolecular Hbond substituents is 2. The SMILES string of the molecule is Cc1cc(-c2nc3cc(C(N)=O)ncc3n2C2(C)COC2)c(F)c(O)c1O. The molecule has 1 fully saturated rings. The van der Waals surface area contributed by atoms with Gasteiger partial charge in [-0.3, -0.25) is 4.79 Å². The third kappa shape index (κ3) is 2.42. The molecule has 0 radical (unpaired) electrons. The quantitative estimate of drug-likeness (QED) is 0.603. The first-order chi connectivity index (χ1) is 12.7. The highest BCUT2D eigenvalue weighted by molar-refractivity contribution is 5.94. The van der Waals surface area contributed by atoms with Crippen LogP contribution in [-0.2, 0) is 10.3 Å². The first-order valence-corrected chi connectivity index (χ1v) is 8.21. The Balaban J connectivity index is 2.06. The van der Waals surface area contributed by atoms with Gasteiger partial charge in [-0.05, 0) is 31.5 Å². The fraction of sp³-hybridized carbons (Fsp3) is 0.278. The van der Waals surface area contributed by atoms with Crippen LogP contribution in [-0.4, -0.2) is 43.9 Å². The third-order valence-electron chi connectivity index (χ3n) is 4.80. The number of nitrogens with two attached hydrogens (primary N) is 1. The molecule has 8 nitrogen and oxygen atoms in total. The average molecular weight is 372 g/mol. The van der Waals surface area contributed by atoms with E-state index < -0.39 is 28.8 Å². The number of benzene rings is 1. The maximum absolute atomic E-state index is 14.8. The fourth-order valence-corrected chi connectivity index (χ4v) is 3.30. The van der Waals surface area contributed by atoms with Gasteiger partial charge in [0, 0.05) is 0 Å². The number of aromatic hydroxyl groups is 2. The molecular weight excluding hydrogens is 355 g/mol. The van der Waals surface area contributed by atoms with Crippen molar-refractivity contribution < 1.29 is 24.1 Å². The zero-order chi connectivity index (χ0) is 19.5. The number of hydrogen-bond donors (Lipinski definition) is 3. The minimum atomic E-state index is -0.985. The summed E-state index contributed by atoms with van der Waals surface area (Å²) in [7, 11) is 0. The van der Waals surface area contributed by atoms with E-state index in [2.05, 4.69) is 9.97 Å². The molecule has 140 valence electrons. The molecule has 4 rings (SSSR count). The maximum Gasteiger partial charge on any atom is 0.267 e. The van der Waals surface area contributed by atoms with Crippen LogP contribution in [0, 0.1) is 12.7 Å². The molecule has 1 saturated heterocycles. The van der Waals surface area contributed by atoms with E-state index in [1.165, 1.54) is 18.3 Å². The van der Waals surface area contributed by atoms with Gasteiger partial charge >= 0.3 is 0 Å². The first kappa shape index (κ1) is 17.2. The van der Waals surface area contributed by atoms with Gasteiger partial charge < -0.3 is 25.3 Å². The normalized spacial score (nSPS) is 15.7. The molecule has 1 amide bonds. The van der Waals surface area contributed by atoms with Gasteiger partial charge in [0.05, 0.1) is 41.5 Å². The lowest BCUT2D eigenvalue weighted by Gasteiger charge is -2.40. The number of carbonyl (C=O) groups is 1. The fourth-order valence-electron chi connectivity index (χ4n) is 3.30. The number of pyridine rings is 1. The van der Waals surface area contributed by atoms with E-state index in [1.807, 2.05) is 6.92 Å². The minimum absolute atomic E-state index is 0.0211. The lowest BCUT2D eigenvalue weighted by atomic mass is 9.98. The van der Waals surface area contributed by atoms with E-state index in [1.54, 1.807) is 11.5 Å². The third-order valence-corrected chi connectivity index (χ3v) is 4.80. The number of aromatic nitrogens is 3. The zero-order valence-corrected chi connectivity index (χ0v) is 14.7. The van der Waals surface area contributed by atoms with Crippen LogP contribution in [0.5, 0.6) is 11.5 Å². The highest BCUT2D eigenvalue weighted by Gasteiger charge is 2.39. The summed E-state index contributed by atoms with van der Waals surface area (Å²) in [5, 5.41) is 19.7. The first-order valence-electron chi connectivity index (χ1n) is 8.21. The standard InChI is InChI=1S/C18H17FN4O4/c1-8-3-9(13(19)15(25)14(8)24)17-22-10-4-11(16(20)26)21-5-12(10)23(17)18(2)6-27-7-18/h3-5,24-25H,6-7H2,1-2H3,(H2,20,26). The Morgan fingerprint density at radius 3 is 2.63 bits per heavy atom. The Labute approximate surface area is 153 Å². The summed E-state index contributed by atoms with van der Waals surface area (Å²) in [4.78, 5) is 20.0. The number of primary amides is 1. The van der Waals surface area contributed by atoms with Gasteiger partial charge in [0.1, 0.15) is 11.5 Å². The highest BCUT2D eigenvalue weighted by atomic mass is 19.1. The highest BCUT2D eigenvalue weighted by Crippen LogP contribution is 2.41. The molecule has 0 atom stereocenters. The number of carbonyl (C=O) groups excluding carboxylic acids is 1. The number of aryl methyl sites for hydroxylation is 1. The minimum Gasteiger partial charge on any atom is -0.504 e. The van der Waals surface area contributed by atoms with Crippen molar-refractivity contribution >= 4 is 16.9 Å². The molecule has 9 heteroatoms. The molecule has 1 aromatic carbocycles. The van der Waals surface area contributed by atoms with Crippen LogP contribution in [0.25, 0.3) is 22.4 Å². The Bertz CT molecular complexity index is 1100. The summed E-state index contributed by atoms with van der Waals surface area (Å²) in [5.74, 6) is -2.81. The largest absolute Gasteiger partial charge is 0.504 e. The molecule has 1 aliphatic rings. The van der Waals surface area contributed by atoms with Gasteiger partial charge in [-0.1, -0.05) is 0 Å². The number of phenols is 2. The van der Waals surface area contributed by atoms with Gasteiger partial charge in [0.15, 0.2) is 17.3 Å². The second-order valence-corrected chi connectivity index (χ2v) is 6.94. The summed E-state index contributed by atoms with van der Waals surface area (Å²) < 4.78 is 21.9. The molecule has 0 unspecified atom stereocenters. The van der Waals surface area contributed by atoms with Crippen molar-refractivity contribution in [3.63, 3.8) is 0 Å². The molecule has 2 aromatic heterocycles.